The zero-order valence-electron chi connectivity index (χ0n) is 13.3. The first-order chi connectivity index (χ1) is 10.6. The molecule has 1 aromatic rings. The number of Topliss-reactive ketones (excluding diaryl/α,β-unsaturated/α-hetero) is 1. The van der Waals surface area contributed by atoms with Crippen LogP contribution in [0.15, 0.2) is 18.2 Å². The zero-order valence-corrected chi connectivity index (χ0v) is 13.3. The second-order valence-corrected chi connectivity index (χ2v) is 6.27. The highest BCUT2D eigenvalue weighted by Gasteiger charge is 2.34. The summed E-state index contributed by atoms with van der Waals surface area (Å²) in [7, 11) is 0. The molecule has 1 heterocycles. The SMILES string of the molecule is Cc1cc(C#CC(=O)C2CCCC2)ccc1C1(C)OCCO1. The Labute approximate surface area is 132 Å². The molecule has 3 nitrogen and oxygen atoms in total. The van der Waals surface area contributed by atoms with Crippen LogP contribution >= 0.6 is 0 Å². The monoisotopic (exact) mass is 298 g/mol. The molecule has 1 aromatic carbocycles. The molecule has 0 radical (unpaired) electrons. The van der Waals surface area contributed by atoms with Gasteiger partial charge in [0.25, 0.3) is 0 Å². The van der Waals surface area contributed by atoms with E-state index in [0.29, 0.717) is 13.2 Å². The van der Waals surface area contributed by atoms with E-state index in [2.05, 4.69) is 11.8 Å². The van der Waals surface area contributed by atoms with E-state index < -0.39 is 5.79 Å². The van der Waals surface area contributed by atoms with Crippen molar-refractivity contribution in [2.24, 2.45) is 5.92 Å². The first-order valence-electron chi connectivity index (χ1n) is 8.03. The molecular weight excluding hydrogens is 276 g/mol. The van der Waals surface area contributed by atoms with Crippen LogP contribution in [0.25, 0.3) is 0 Å². The molecule has 0 bridgehead atoms. The molecule has 3 rings (SSSR count). The number of ketones is 1. The number of benzene rings is 1. The molecular formula is C19H22O3. The maximum Gasteiger partial charge on any atom is 0.208 e. The van der Waals surface area contributed by atoms with E-state index in [-0.39, 0.29) is 11.7 Å². The topological polar surface area (TPSA) is 35.5 Å². The van der Waals surface area contributed by atoms with Gasteiger partial charge in [0.2, 0.25) is 5.78 Å². The number of rotatable bonds is 2. The third-order valence-electron chi connectivity index (χ3n) is 4.61. The average molecular weight is 298 g/mol. The van der Waals surface area contributed by atoms with Crippen LogP contribution in [0.4, 0.5) is 0 Å². The predicted molar refractivity (Wildman–Crippen MR) is 84.3 cm³/mol. The van der Waals surface area contributed by atoms with Gasteiger partial charge in [-0.1, -0.05) is 24.8 Å². The molecule has 1 saturated heterocycles. The summed E-state index contributed by atoms with van der Waals surface area (Å²) in [5, 5.41) is 0. The summed E-state index contributed by atoms with van der Waals surface area (Å²) in [5.41, 5.74) is 2.97. The number of carbonyl (C=O) groups excluding carboxylic acids is 1. The van der Waals surface area contributed by atoms with E-state index in [4.69, 9.17) is 9.47 Å². The Morgan fingerprint density at radius 1 is 1.23 bits per heavy atom. The number of carbonyl (C=O) groups is 1. The van der Waals surface area contributed by atoms with Gasteiger partial charge < -0.3 is 9.47 Å². The van der Waals surface area contributed by atoms with E-state index in [9.17, 15) is 4.79 Å². The fourth-order valence-corrected chi connectivity index (χ4v) is 3.34. The largest absolute Gasteiger partial charge is 0.344 e. The second kappa shape index (κ2) is 6.24. The van der Waals surface area contributed by atoms with Crippen LogP contribution in [-0.2, 0) is 20.1 Å². The summed E-state index contributed by atoms with van der Waals surface area (Å²) < 4.78 is 11.4. The Morgan fingerprint density at radius 2 is 1.91 bits per heavy atom. The van der Waals surface area contributed by atoms with Crippen molar-refractivity contribution in [3.05, 3.63) is 34.9 Å². The molecule has 0 spiro atoms. The van der Waals surface area contributed by atoms with Gasteiger partial charge in [-0.15, -0.1) is 0 Å². The molecule has 22 heavy (non-hydrogen) atoms. The first-order valence-corrected chi connectivity index (χ1v) is 8.03. The third kappa shape index (κ3) is 3.09. The van der Waals surface area contributed by atoms with Crippen molar-refractivity contribution >= 4 is 5.78 Å². The van der Waals surface area contributed by atoms with E-state index in [0.717, 1.165) is 42.4 Å². The highest BCUT2D eigenvalue weighted by Crippen LogP contribution is 2.33. The van der Waals surface area contributed by atoms with Gasteiger partial charge in [0.05, 0.1) is 13.2 Å². The molecule has 0 amide bonds. The molecule has 2 fully saturated rings. The van der Waals surface area contributed by atoms with Crippen molar-refractivity contribution < 1.29 is 14.3 Å². The predicted octanol–water partition coefficient (Wildman–Crippen LogP) is 3.33. The molecule has 0 N–H and O–H groups in total. The Bertz CT molecular complexity index is 624. The lowest BCUT2D eigenvalue weighted by Crippen LogP contribution is -2.23. The van der Waals surface area contributed by atoms with E-state index in [1.54, 1.807) is 0 Å². The average Bonchev–Trinajstić information content (AvgIpc) is 3.16. The lowest BCUT2D eigenvalue weighted by molar-refractivity contribution is -0.150. The lowest BCUT2D eigenvalue weighted by Gasteiger charge is -2.24. The zero-order chi connectivity index (χ0) is 15.6. The third-order valence-corrected chi connectivity index (χ3v) is 4.61. The number of hydrogen-bond donors (Lipinski definition) is 0. The van der Waals surface area contributed by atoms with Gasteiger partial charge in [-0.2, -0.15) is 0 Å². The van der Waals surface area contributed by atoms with Gasteiger partial charge in [0.15, 0.2) is 5.79 Å². The van der Waals surface area contributed by atoms with Crippen LogP contribution < -0.4 is 0 Å². The van der Waals surface area contributed by atoms with E-state index in [1.165, 1.54) is 0 Å². The van der Waals surface area contributed by atoms with E-state index >= 15 is 0 Å². The highest BCUT2D eigenvalue weighted by atomic mass is 16.7. The second-order valence-electron chi connectivity index (χ2n) is 6.27. The van der Waals surface area contributed by atoms with Gasteiger partial charge in [0.1, 0.15) is 0 Å². The van der Waals surface area contributed by atoms with Crippen LogP contribution in [0.5, 0.6) is 0 Å². The first kappa shape index (κ1) is 15.3. The summed E-state index contributed by atoms with van der Waals surface area (Å²) >= 11 is 0. The van der Waals surface area contributed by atoms with Crippen LogP contribution in [-0.4, -0.2) is 19.0 Å². The van der Waals surface area contributed by atoms with Crippen LogP contribution in [0.2, 0.25) is 0 Å². The summed E-state index contributed by atoms with van der Waals surface area (Å²) in [5.74, 6) is 5.42. The molecule has 1 aliphatic carbocycles. The smallest absolute Gasteiger partial charge is 0.208 e. The Kier molecular flexibility index (Phi) is 4.33. The lowest BCUT2D eigenvalue weighted by atomic mass is 9.98. The van der Waals surface area contributed by atoms with Crippen molar-refractivity contribution in [3.63, 3.8) is 0 Å². The van der Waals surface area contributed by atoms with Gasteiger partial charge in [-0.3, -0.25) is 4.79 Å². The summed E-state index contributed by atoms with van der Waals surface area (Å²) in [6.07, 6.45) is 4.31. The van der Waals surface area contributed by atoms with Crippen molar-refractivity contribution in [2.45, 2.75) is 45.3 Å². The Morgan fingerprint density at radius 3 is 2.55 bits per heavy atom. The standard InChI is InChI=1S/C19H22O3/c1-14-13-15(8-10-18(20)16-5-3-4-6-16)7-9-17(14)19(2)21-11-12-22-19/h7,9,13,16H,3-6,11-12H2,1-2H3. The molecule has 1 aliphatic heterocycles. The van der Waals surface area contributed by atoms with Crippen molar-refractivity contribution in [1.29, 1.82) is 0 Å². The van der Waals surface area contributed by atoms with Crippen LogP contribution in [0, 0.1) is 24.7 Å². The normalized spacial score (nSPS) is 20.6. The molecule has 2 aliphatic rings. The minimum absolute atomic E-state index is 0.0913. The quantitative estimate of drug-likeness (QED) is 0.786. The van der Waals surface area contributed by atoms with Crippen molar-refractivity contribution in [1.82, 2.24) is 0 Å². The molecule has 0 aromatic heterocycles. The molecule has 1 saturated carbocycles. The van der Waals surface area contributed by atoms with Crippen LogP contribution in [0.3, 0.4) is 0 Å². The minimum Gasteiger partial charge on any atom is -0.344 e. The number of ether oxygens (including phenoxy) is 2. The van der Waals surface area contributed by atoms with Crippen molar-refractivity contribution in [3.8, 4) is 11.8 Å². The summed E-state index contributed by atoms with van der Waals surface area (Å²) in [6, 6.07) is 5.93. The van der Waals surface area contributed by atoms with Gasteiger partial charge in [0, 0.05) is 17.0 Å². The molecule has 0 atom stereocenters. The minimum atomic E-state index is -0.657. The maximum atomic E-state index is 12.0. The molecule has 0 unspecified atom stereocenters. The van der Waals surface area contributed by atoms with Gasteiger partial charge in [-0.05, 0) is 50.3 Å². The maximum absolute atomic E-state index is 12.0. The van der Waals surface area contributed by atoms with Crippen molar-refractivity contribution in [2.75, 3.05) is 13.2 Å². The summed E-state index contributed by atoms with van der Waals surface area (Å²) in [4.78, 5) is 12.0. The fraction of sp³-hybridized carbons (Fsp3) is 0.526. The van der Waals surface area contributed by atoms with E-state index in [1.807, 2.05) is 32.0 Å². The Hall–Kier alpha value is -1.63. The molecule has 116 valence electrons. The van der Waals surface area contributed by atoms with Gasteiger partial charge >= 0.3 is 0 Å². The number of aryl methyl sites for hydroxylation is 1. The molecule has 3 heteroatoms. The Balaban J connectivity index is 1.76. The van der Waals surface area contributed by atoms with Crippen LogP contribution in [0.1, 0.15) is 49.3 Å². The summed E-state index contributed by atoms with van der Waals surface area (Å²) in [6.45, 7) is 5.20. The fourth-order valence-electron chi connectivity index (χ4n) is 3.34. The van der Waals surface area contributed by atoms with Gasteiger partial charge in [-0.25, -0.2) is 0 Å². The number of hydrogen-bond acceptors (Lipinski definition) is 3. The highest BCUT2D eigenvalue weighted by molar-refractivity contribution is 5.97.